The van der Waals surface area contributed by atoms with E-state index in [-0.39, 0.29) is 5.92 Å². The van der Waals surface area contributed by atoms with Crippen molar-refractivity contribution in [3.8, 4) is 22.6 Å². The smallest absolute Gasteiger partial charge is 0.309 e. The standard InChI is InChI=1S/C23H25N3O3/c1-15(2)9-16-3-5-17(6-4-16)21-10-22(29-25-21)18-7-8-20(24-11-18)14-26-12-19(13-26)23(27)28/h3-8,10-11,15,19H,9,12-14H2,1-2H3,(H,27,28). The van der Waals surface area contributed by atoms with Gasteiger partial charge in [-0.05, 0) is 30.0 Å². The Morgan fingerprint density at radius 2 is 1.90 bits per heavy atom. The summed E-state index contributed by atoms with van der Waals surface area (Å²) in [6, 6.07) is 14.3. The highest BCUT2D eigenvalue weighted by Crippen LogP contribution is 2.27. The quantitative estimate of drug-likeness (QED) is 0.653. The van der Waals surface area contributed by atoms with Crippen LogP contribution in [0.15, 0.2) is 53.2 Å². The van der Waals surface area contributed by atoms with Crippen LogP contribution in [0.5, 0.6) is 0 Å². The second-order valence-electron chi connectivity index (χ2n) is 8.14. The Hall–Kier alpha value is -2.99. The maximum absolute atomic E-state index is 10.9. The van der Waals surface area contributed by atoms with Gasteiger partial charge in [-0.2, -0.15) is 0 Å². The van der Waals surface area contributed by atoms with Crippen LogP contribution >= 0.6 is 0 Å². The number of aliphatic carboxylic acids is 1. The van der Waals surface area contributed by atoms with Crippen LogP contribution in [0, 0.1) is 11.8 Å². The molecule has 0 unspecified atom stereocenters. The fourth-order valence-electron chi connectivity index (χ4n) is 3.58. The van der Waals surface area contributed by atoms with Gasteiger partial charge in [0.15, 0.2) is 5.76 Å². The molecule has 1 aliphatic heterocycles. The molecule has 0 aliphatic carbocycles. The van der Waals surface area contributed by atoms with E-state index in [0.29, 0.717) is 31.3 Å². The molecule has 4 rings (SSSR count). The number of rotatable bonds is 7. The van der Waals surface area contributed by atoms with Gasteiger partial charge in [-0.3, -0.25) is 14.7 Å². The minimum absolute atomic E-state index is 0.249. The maximum Gasteiger partial charge on any atom is 0.309 e. The number of hydrogen-bond donors (Lipinski definition) is 1. The van der Waals surface area contributed by atoms with Gasteiger partial charge in [0.2, 0.25) is 0 Å². The Morgan fingerprint density at radius 3 is 2.52 bits per heavy atom. The molecule has 3 heterocycles. The summed E-state index contributed by atoms with van der Waals surface area (Å²) in [6.45, 7) is 6.26. The topological polar surface area (TPSA) is 79.5 Å². The Morgan fingerprint density at radius 1 is 1.17 bits per heavy atom. The van der Waals surface area contributed by atoms with Gasteiger partial charge in [-0.25, -0.2) is 0 Å². The molecule has 1 saturated heterocycles. The van der Waals surface area contributed by atoms with Crippen molar-refractivity contribution in [2.24, 2.45) is 11.8 Å². The molecule has 1 aromatic carbocycles. The first kappa shape index (κ1) is 19.3. The van der Waals surface area contributed by atoms with E-state index in [2.05, 4.69) is 53.2 Å². The van der Waals surface area contributed by atoms with E-state index in [0.717, 1.165) is 28.9 Å². The molecule has 0 amide bonds. The van der Waals surface area contributed by atoms with E-state index in [4.69, 9.17) is 9.63 Å². The molecular formula is C23H25N3O3. The van der Waals surface area contributed by atoms with E-state index in [1.807, 2.05) is 18.2 Å². The lowest BCUT2D eigenvalue weighted by molar-refractivity contribution is -0.147. The van der Waals surface area contributed by atoms with Gasteiger partial charge in [0.1, 0.15) is 5.69 Å². The molecule has 0 atom stereocenters. The number of benzene rings is 1. The lowest BCUT2D eigenvalue weighted by Gasteiger charge is -2.36. The van der Waals surface area contributed by atoms with Crippen molar-refractivity contribution >= 4 is 5.97 Å². The summed E-state index contributed by atoms with van der Waals surface area (Å²) in [5.41, 5.74) is 4.95. The third-order valence-corrected chi connectivity index (χ3v) is 5.21. The van der Waals surface area contributed by atoms with Crippen molar-refractivity contribution in [1.29, 1.82) is 0 Å². The Bertz CT molecular complexity index is 971. The molecule has 3 aromatic rings. The largest absolute Gasteiger partial charge is 0.481 e. The molecule has 0 spiro atoms. The third-order valence-electron chi connectivity index (χ3n) is 5.21. The molecule has 1 aliphatic rings. The number of hydrogen-bond acceptors (Lipinski definition) is 5. The lowest BCUT2D eigenvalue weighted by Crippen LogP contribution is -2.49. The number of pyridine rings is 1. The summed E-state index contributed by atoms with van der Waals surface area (Å²) in [7, 11) is 0. The predicted octanol–water partition coefficient (Wildman–Crippen LogP) is 4.12. The normalized spacial score (nSPS) is 14.9. The Kier molecular flexibility index (Phi) is 5.45. The molecule has 6 heteroatoms. The third kappa shape index (κ3) is 4.54. The minimum Gasteiger partial charge on any atom is -0.481 e. The second-order valence-corrected chi connectivity index (χ2v) is 8.14. The fourth-order valence-corrected chi connectivity index (χ4v) is 3.58. The van der Waals surface area contributed by atoms with Gasteiger partial charge in [-0.15, -0.1) is 0 Å². The lowest BCUT2D eigenvalue weighted by atomic mass is 10.0. The zero-order chi connectivity index (χ0) is 20.4. The van der Waals surface area contributed by atoms with Crippen LogP contribution in [0.3, 0.4) is 0 Å². The van der Waals surface area contributed by atoms with Gasteiger partial charge in [0.25, 0.3) is 0 Å². The molecule has 0 radical (unpaired) electrons. The van der Waals surface area contributed by atoms with Crippen molar-refractivity contribution in [3.63, 3.8) is 0 Å². The number of aromatic nitrogens is 2. The second kappa shape index (κ2) is 8.17. The summed E-state index contributed by atoms with van der Waals surface area (Å²) < 4.78 is 5.53. The van der Waals surface area contributed by atoms with Crippen LogP contribution in [0.4, 0.5) is 0 Å². The Balaban J connectivity index is 1.39. The highest BCUT2D eigenvalue weighted by atomic mass is 16.5. The maximum atomic E-state index is 10.9. The predicted molar refractivity (Wildman–Crippen MR) is 110 cm³/mol. The summed E-state index contributed by atoms with van der Waals surface area (Å²) in [5.74, 6) is 0.344. The fraction of sp³-hybridized carbons (Fsp3) is 0.348. The molecule has 29 heavy (non-hydrogen) atoms. The number of carbonyl (C=O) groups is 1. The SMILES string of the molecule is CC(C)Cc1ccc(-c2cc(-c3ccc(CN4CC(C(=O)O)C4)nc3)on2)cc1. The van der Waals surface area contributed by atoms with Gasteiger partial charge in [0, 0.05) is 43.0 Å². The van der Waals surface area contributed by atoms with Crippen molar-refractivity contribution in [3.05, 3.63) is 59.9 Å². The van der Waals surface area contributed by atoms with Crippen molar-refractivity contribution in [1.82, 2.24) is 15.0 Å². The summed E-state index contributed by atoms with van der Waals surface area (Å²) >= 11 is 0. The summed E-state index contributed by atoms with van der Waals surface area (Å²) in [4.78, 5) is 17.5. The molecule has 150 valence electrons. The molecule has 0 saturated carbocycles. The molecule has 2 aromatic heterocycles. The summed E-state index contributed by atoms with van der Waals surface area (Å²) in [6.07, 6.45) is 2.84. The van der Waals surface area contributed by atoms with Crippen molar-refractivity contribution in [2.45, 2.75) is 26.8 Å². The summed E-state index contributed by atoms with van der Waals surface area (Å²) in [5, 5.41) is 13.2. The van der Waals surface area contributed by atoms with Gasteiger partial charge >= 0.3 is 5.97 Å². The average Bonchev–Trinajstić information content (AvgIpc) is 3.15. The number of likely N-dealkylation sites (tertiary alicyclic amines) is 1. The first-order valence-electron chi connectivity index (χ1n) is 9.94. The monoisotopic (exact) mass is 391 g/mol. The molecular weight excluding hydrogens is 366 g/mol. The highest BCUT2D eigenvalue weighted by molar-refractivity contribution is 5.71. The van der Waals surface area contributed by atoms with Gasteiger partial charge in [-0.1, -0.05) is 43.3 Å². The molecule has 6 nitrogen and oxygen atoms in total. The number of nitrogens with zero attached hydrogens (tertiary/aromatic N) is 3. The van der Waals surface area contributed by atoms with Gasteiger partial charge < -0.3 is 9.63 Å². The first-order valence-corrected chi connectivity index (χ1v) is 9.94. The minimum atomic E-state index is -0.722. The van der Waals surface area contributed by atoms with E-state index in [1.54, 1.807) is 6.20 Å². The van der Waals surface area contributed by atoms with Gasteiger partial charge in [0.05, 0.1) is 11.6 Å². The number of carboxylic acids is 1. The number of carboxylic acid groups (broad SMARTS) is 1. The van der Waals surface area contributed by atoms with E-state index >= 15 is 0 Å². The van der Waals surface area contributed by atoms with Crippen molar-refractivity contribution in [2.75, 3.05) is 13.1 Å². The van der Waals surface area contributed by atoms with E-state index in [1.165, 1.54) is 5.56 Å². The van der Waals surface area contributed by atoms with Crippen LogP contribution in [-0.2, 0) is 17.8 Å². The molecule has 1 fully saturated rings. The molecule has 1 N–H and O–H groups in total. The van der Waals surface area contributed by atoms with Crippen molar-refractivity contribution < 1.29 is 14.4 Å². The van der Waals surface area contributed by atoms with E-state index < -0.39 is 5.97 Å². The van der Waals surface area contributed by atoms with E-state index in [9.17, 15) is 4.79 Å². The van der Waals surface area contributed by atoms with Crippen LogP contribution in [0.1, 0.15) is 25.1 Å². The first-order chi connectivity index (χ1) is 14.0. The van der Waals surface area contributed by atoms with Crippen LogP contribution in [0.25, 0.3) is 22.6 Å². The van der Waals surface area contributed by atoms with Crippen LogP contribution in [0.2, 0.25) is 0 Å². The zero-order valence-corrected chi connectivity index (χ0v) is 16.7. The highest BCUT2D eigenvalue weighted by Gasteiger charge is 2.32. The zero-order valence-electron chi connectivity index (χ0n) is 16.7. The Labute approximate surface area is 170 Å². The van der Waals surface area contributed by atoms with Crippen LogP contribution in [-0.4, -0.2) is 39.2 Å². The van der Waals surface area contributed by atoms with Crippen LogP contribution < -0.4 is 0 Å². The average molecular weight is 391 g/mol. The molecule has 0 bridgehead atoms.